The van der Waals surface area contributed by atoms with Crippen molar-refractivity contribution in [3.05, 3.63) is 28.0 Å². The Morgan fingerprint density at radius 1 is 1.53 bits per heavy atom. The van der Waals surface area contributed by atoms with Gasteiger partial charge in [0.25, 0.3) is 0 Å². The SMILES string of the molecule is COc1c(F)cc(Cl)c(C)c1C1(CN)CCC1. The highest BCUT2D eigenvalue weighted by Gasteiger charge is 2.41. The van der Waals surface area contributed by atoms with E-state index in [0.29, 0.717) is 17.3 Å². The molecule has 0 amide bonds. The minimum atomic E-state index is -0.405. The molecule has 0 radical (unpaired) electrons. The van der Waals surface area contributed by atoms with E-state index in [1.54, 1.807) is 0 Å². The molecule has 0 aromatic heterocycles. The van der Waals surface area contributed by atoms with Crippen molar-refractivity contribution < 1.29 is 9.13 Å². The molecule has 0 bridgehead atoms. The van der Waals surface area contributed by atoms with Gasteiger partial charge in [-0.15, -0.1) is 0 Å². The molecular formula is C13H17ClFNO. The van der Waals surface area contributed by atoms with Gasteiger partial charge in [0.05, 0.1) is 7.11 Å². The summed E-state index contributed by atoms with van der Waals surface area (Å²) in [6, 6.07) is 1.31. The minimum absolute atomic E-state index is 0.152. The molecule has 2 nitrogen and oxygen atoms in total. The molecular weight excluding hydrogens is 241 g/mol. The second-order valence-electron chi connectivity index (χ2n) is 4.71. The van der Waals surface area contributed by atoms with Gasteiger partial charge in [-0.05, 0) is 31.4 Å². The van der Waals surface area contributed by atoms with Crippen molar-refractivity contribution >= 4 is 11.6 Å². The maximum Gasteiger partial charge on any atom is 0.166 e. The third kappa shape index (κ3) is 1.81. The molecule has 0 atom stereocenters. The van der Waals surface area contributed by atoms with Crippen LogP contribution in [0.2, 0.25) is 5.02 Å². The van der Waals surface area contributed by atoms with Gasteiger partial charge in [0.15, 0.2) is 11.6 Å². The maximum absolute atomic E-state index is 13.9. The highest BCUT2D eigenvalue weighted by atomic mass is 35.5. The molecule has 1 aromatic rings. The average molecular weight is 258 g/mol. The van der Waals surface area contributed by atoms with Gasteiger partial charge in [0.2, 0.25) is 0 Å². The van der Waals surface area contributed by atoms with Gasteiger partial charge < -0.3 is 10.5 Å². The zero-order valence-electron chi connectivity index (χ0n) is 10.1. The van der Waals surface area contributed by atoms with Crippen LogP contribution in [0.1, 0.15) is 30.4 Å². The molecule has 94 valence electrons. The third-order valence-electron chi connectivity index (χ3n) is 3.87. The molecule has 0 aliphatic heterocycles. The van der Waals surface area contributed by atoms with Crippen LogP contribution in [0.4, 0.5) is 4.39 Å². The van der Waals surface area contributed by atoms with E-state index in [-0.39, 0.29) is 5.41 Å². The number of methoxy groups -OCH3 is 1. The molecule has 1 aliphatic rings. The molecule has 1 aromatic carbocycles. The zero-order chi connectivity index (χ0) is 12.6. The summed E-state index contributed by atoms with van der Waals surface area (Å²) in [5.74, 6) is -0.102. The standard InChI is InChI=1S/C13H17ClFNO/c1-8-9(14)6-10(15)12(17-2)11(8)13(7-16)4-3-5-13/h6H,3-5,7,16H2,1-2H3. The van der Waals surface area contributed by atoms with Gasteiger partial charge >= 0.3 is 0 Å². The van der Waals surface area contributed by atoms with Crippen LogP contribution >= 0.6 is 11.6 Å². The van der Waals surface area contributed by atoms with E-state index in [9.17, 15) is 4.39 Å². The van der Waals surface area contributed by atoms with Crippen molar-refractivity contribution in [1.29, 1.82) is 0 Å². The van der Waals surface area contributed by atoms with Gasteiger partial charge in [0, 0.05) is 22.5 Å². The Balaban J connectivity index is 2.65. The fraction of sp³-hybridized carbons (Fsp3) is 0.538. The third-order valence-corrected chi connectivity index (χ3v) is 4.26. The first-order chi connectivity index (χ1) is 8.05. The predicted molar refractivity (Wildman–Crippen MR) is 67.3 cm³/mol. The normalized spacial score (nSPS) is 17.7. The fourth-order valence-corrected chi connectivity index (χ4v) is 2.88. The average Bonchev–Trinajstić information content (AvgIpc) is 2.24. The van der Waals surface area contributed by atoms with Crippen LogP contribution in [0.15, 0.2) is 6.07 Å². The van der Waals surface area contributed by atoms with E-state index in [2.05, 4.69) is 0 Å². The number of nitrogens with two attached hydrogens (primary N) is 1. The number of rotatable bonds is 3. The second-order valence-corrected chi connectivity index (χ2v) is 5.12. The zero-order valence-corrected chi connectivity index (χ0v) is 10.9. The molecule has 1 fully saturated rings. The number of ether oxygens (including phenoxy) is 1. The molecule has 2 rings (SSSR count). The molecule has 2 N–H and O–H groups in total. The van der Waals surface area contributed by atoms with E-state index >= 15 is 0 Å². The molecule has 1 aliphatic carbocycles. The van der Waals surface area contributed by atoms with Crippen LogP contribution in [0, 0.1) is 12.7 Å². The Labute approximate surface area is 106 Å². The summed E-state index contributed by atoms with van der Waals surface area (Å²) >= 11 is 6.06. The Kier molecular flexibility index (Phi) is 3.32. The summed E-state index contributed by atoms with van der Waals surface area (Å²) < 4.78 is 19.1. The molecule has 0 spiro atoms. The molecule has 0 saturated heterocycles. The first-order valence-electron chi connectivity index (χ1n) is 5.79. The van der Waals surface area contributed by atoms with Crippen molar-refractivity contribution in [2.24, 2.45) is 5.73 Å². The number of benzene rings is 1. The summed E-state index contributed by atoms with van der Waals surface area (Å²) in [5.41, 5.74) is 7.47. The summed E-state index contributed by atoms with van der Waals surface area (Å²) in [4.78, 5) is 0. The van der Waals surface area contributed by atoms with Gasteiger partial charge in [-0.3, -0.25) is 0 Å². The maximum atomic E-state index is 13.9. The lowest BCUT2D eigenvalue weighted by atomic mass is 9.63. The van der Waals surface area contributed by atoms with E-state index in [4.69, 9.17) is 22.1 Å². The van der Waals surface area contributed by atoms with Crippen LogP contribution < -0.4 is 10.5 Å². The van der Waals surface area contributed by atoms with Crippen molar-refractivity contribution in [3.8, 4) is 5.75 Å². The van der Waals surface area contributed by atoms with Gasteiger partial charge in [0.1, 0.15) is 0 Å². The summed E-state index contributed by atoms with van der Waals surface area (Å²) in [7, 11) is 1.48. The molecule has 0 heterocycles. The monoisotopic (exact) mass is 257 g/mol. The van der Waals surface area contributed by atoms with Crippen molar-refractivity contribution in [2.45, 2.75) is 31.6 Å². The smallest absolute Gasteiger partial charge is 0.166 e. The van der Waals surface area contributed by atoms with Crippen LogP contribution in [0.5, 0.6) is 5.75 Å². The van der Waals surface area contributed by atoms with E-state index < -0.39 is 5.82 Å². The van der Waals surface area contributed by atoms with Gasteiger partial charge in [-0.25, -0.2) is 4.39 Å². The Hall–Kier alpha value is -0.800. The fourth-order valence-electron chi connectivity index (χ4n) is 2.69. The van der Waals surface area contributed by atoms with Crippen molar-refractivity contribution in [2.75, 3.05) is 13.7 Å². The highest BCUT2D eigenvalue weighted by molar-refractivity contribution is 6.31. The summed E-state index contributed by atoms with van der Waals surface area (Å²) in [5, 5.41) is 0.443. The first kappa shape index (κ1) is 12.7. The molecule has 1 saturated carbocycles. The predicted octanol–water partition coefficient (Wildman–Crippen LogP) is 3.18. The second kappa shape index (κ2) is 4.46. The van der Waals surface area contributed by atoms with Gasteiger partial charge in [-0.2, -0.15) is 0 Å². The van der Waals surface area contributed by atoms with Crippen molar-refractivity contribution in [3.63, 3.8) is 0 Å². The lowest BCUT2D eigenvalue weighted by Crippen LogP contribution is -2.42. The van der Waals surface area contributed by atoms with Crippen LogP contribution in [-0.2, 0) is 5.41 Å². The quantitative estimate of drug-likeness (QED) is 0.903. The number of hydrogen-bond acceptors (Lipinski definition) is 2. The molecule has 4 heteroatoms. The van der Waals surface area contributed by atoms with E-state index in [1.165, 1.54) is 13.2 Å². The van der Waals surface area contributed by atoms with Gasteiger partial charge in [-0.1, -0.05) is 18.0 Å². The Bertz CT molecular complexity index is 438. The van der Waals surface area contributed by atoms with Crippen molar-refractivity contribution in [1.82, 2.24) is 0 Å². The molecule has 0 unspecified atom stereocenters. The topological polar surface area (TPSA) is 35.2 Å². The van der Waals surface area contributed by atoms with E-state index in [0.717, 1.165) is 30.4 Å². The van der Waals surface area contributed by atoms with E-state index in [1.807, 2.05) is 6.92 Å². The minimum Gasteiger partial charge on any atom is -0.493 e. The lowest BCUT2D eigenvalue weighted by Gasteiger charge is -2.43. The largest absolute Gasteiger partial charge is 0.493 e. The number of halogens is 2. The number of hydrogen-bond donors (Lipinski definition) is 1. The summed E-state index contributed by atoms with van der Waals surface area (Å²) in [6.45, 7) is 2.40. The van der Waals surface area contributed by atoms with Crippen LogP contribution in [0.3, 0.4) is 0 Å². The first-order valence-corrected chi connectivity index (χ1v) is 6.16. The van der Waals surface area contributed by atoms with Crippen LogP contribution in [-0.4, -0.2) is 13.7 Å². The Morgan fingerprint density at radius 2 is 2.18 bits per heavy atom. The molecule has 17 heavy (non-hydrogen) atoms. The summed E-state index contributed by atoms with van der Waals surface area (Å²) in [6.07, 6.45) is 3.06. The Morgan fingerprint density at radius 3 is 2.59 bits per heavy atom. The van der Waals surface area contributed by atoms with Crippen LogP contribution in [0.25, 0.3) is 0 Å². The highest BCUT2D eigenvalue weighted by Crippen LogP contribution is 2.49. The lowest BCUT2D eigenvalue weighted by molar-refractivity contribution is 0.239.